The highest BCUT2D eigenvalue weighted by atomic mass is 35.5. The van der Waals surface area contributed by atoms with Crippen LogP contribution in [0.5, 0.6) is 5.88 Å². The fourth-order valence-corrected chi connectivity index (χ4v) is 2.78. The maximum absolute atomic E-state index is 9.48. The number of aromatic nitrogens is 2. The van der Waals surface area contributed by atoms with E-state index in [9.17, 15) is 5.26 Å². The van der Waals surface area contributed by atoms with Crippen molar-refractivity contribution < 1.29 is 9.47 Å². The summed E-state index contributed by atoms with van der Waals surface area (Å²) in [5.41, 5.74) is 8.52. The summed E-state index contributed by atoms with van der Waals surface area (Å²) in [6, 6.07) is 9.42. The zero-order chi connectivity index (χ0) is 15.7. The monoisotopic (exact) mass is 316 g/mol. The first-order valence-electron chi connectivity index (χ1n) is 6.54. The summed E-state index contributed by atoms with van der Waals surface area (Å²) in [5, 5.41) is 17.0. The van der Waals surface area contributed by atoms with E-state index in [0.29, 0.717) is 23.1 Å². The fourth-order valence-electron chi connectivity index (χ4n) is 2.58. The van der Waals surface area contributed by atoms with Gasteiger partial charge in [0, 0.05) is 12.1 Å². The van der Waals surface area contributed by atoms with Crippen molar-refractivity contribution in [2.45, 2.75) is 12.5 Å². The van der Waals surface area contributed by atoms with Gasteiger partial charge >= 0.3 is 0 Å². The average molecular weight is 317 g/mol. The first-order valence-corrected chi connectivity index (χ1v) is 6.92. The molecule has 0 bridgehead atoms. The van der Waals surface area contributed by atoms with E-state index in [1.165, 1.54) is 0 Å². The number of hydrogen-bond acceptors (Lipinski definition) is 5. The van der Waals surface area contributed by atoms with Gasteiger partial charge in [-0.3, -0.25) is 5.10 Å². The van der Waals surface area contributed by atoms with Crippen LogP contribution in [0, 0.1) is 11.3 Å². The van der Waals surface area contributed by atoms with Gasteiger partial charge in [-0.05, 0) is 17.7 Å². The number of methoxy groups -OCH3 is 1. The summed E-state index contributed by atoms with van der Waals surface area (Å²) < 4.78 is 10.6. The number of halogens is 1. The van der Waals surface area contributed by atoms with E-state index in [2.05, 4.69) is 16.3 Å². The van der Waals surface area contributed by atoms with Crippen LogP contribution < -0.4 is 10.5 Å². The van der Waals surface area contributed by atoms with E-state index in [0.717, 1.165) is 16.8 Å². The molecule has 2 heterocycles. The summed E-state index contributed by atoms with van der Waals surface area (Å²) in [5.74, 6) is 0.0142. The molecular weight excluding hydrogens is 304 g/mol. The van der Waals surface area contributed by atoms with E-state index in [-0.39, 0.29) is 5.88 Å². The molecule has 0 fully saturated rings. The largest absolute Gasteiger partial charge is 0.420 e. The Bertz CT molecular complexity index is 791. The molecule has 2 aromatic rings. The molecule has 112 valence electrons. The highest BCUT2D eigenvalue weighted by Gasteiger charge is 2.35. The molecule has 0 spiro atoms. The smallest absolute Gasteiger partial charge is 0.244 e. The second kappa shape index (κ2) is 5.72. The third-order valence-electron chi connectivity index (χ3n) is 3.49. The number of allylic oxidation sites excluding steroid dienone is 1. The van der Waals surface area contributed by atoms with Crippen LogP contribution in [-0.4, -0.2) is 17.3 Å². The molecule has 0 saturated carbocycles. The number of benzene rings is 1. The number of nitrogens with zero attached hydrogens (tertiary/aromatic N) is 2. The number of aromatic amines is 1. The summed E-state index contributed by atoms with van der Waals surface area (Å²) in [7, 11) is 1.58. The molecule has 1 aromatic heterocycles. The minimum Gasteiger partial charge on any atom is -0.420 e. The third-order valence-corrected chi connectivity index (χ3v) is 3.72. The predicted molar refractivity (Wildman–Crippen MR) is 80.1 cm³/mol. The van der Waals surface area contributed by atoms with E-state index >= 15 is 0 Å². The maximum atomic E-state index is 9.48. The predicted octanol–water partition coefficient (Wildman–Crippen LogP) is 2.43. The van der Waals surface area contributed by atoms with Crippen molar-refractivity contribution in [3.05, 3.63) is 57.6 Å². The lowest BCUT2D eigenvalue weighted by molar-refractivity contribution is 0.180. The first-order chi connectivity index (χ1) is 10.7. The molecule has 1 aliphatic heterocycles. The lowest BCUT2D eigenvalue weighted by atomic mass is 9.84. The topological polar surface area (TPSA) is 97.0 Å². The van der Waals surface area contributed by atoms with Crippen LogP contribution in [0.2, 0.25) is 5.02 Å². The number of nitriles is 1. The van der Waals surface area contributed by atoms with Crippen LogP contribution in [0.3, 0.4) is 0 Å². The molecule has 22 heavy (non-hydrogen) atoms. The zero-order valence-electron chi connectivity index (χ0n) is 11.8. The van der Waals surface area contributed by atoms with Gasteiger partial charge in [0.15, 0.2) is 0 Å². The average Bonchev–Trinajstić information content (AvgIpc) is 2.88. The van der Waals surface area contributed by atoms with Crippen molar-refractivity contribution in [2.24, 2.45) is 5.73 Å². The van der Waals surface area contributed by atoms with Crippen molar-refractivity contribution in [2.75, 3.05) is 7.11 Å². The Hall–Kier alpha value is -2.49. The van der Waals surface area contributed by atoms with Crippen LogP contribution in [0.1, 0.15) is 22.7 Å². The van der Waals surface area contributed by atoms with Crippen molar-refractivity contribution in [3.8, 4) is 11.9 Å². The number of nitrogens with two attached hydrogens (primary N) is 1. The lowest BCUT2D eigenvalue weighted by Crippen LogP contribution is -2.21. The molecule has 1 aliphatic rings. The Balaban J connectivity index is 2.21. The molecule has 3 rings (SSSR count). The normalized spacial score (nSPS) is 16.9. The van der Waals surface area contributed by atoms with Gasteiger partial charge < -0.3 is 15.2 Å². The van der Waals surface area contributed by atoms with E-state index in [4.69, 9.17) is 26.8 Å². The van der Waals surface area contributed by atoms with Crippen LogP contribution in [0.15, 0.2) is 35.7 Å². The van der Waals surface area contributed by atoms with Gasteiger partial charge in [-0.1, -0.05) is 23.7 Å². The number of ether oxygens (including phenoxy) is 2. The van der Waals surface area contributed by atoms with Gasteiger partial charge in [-0.25, -0.2) is 0 Å². The van der Waals surface area contributed by atoms with Crippen molar-refractivity contribution >= 4 is 11.6 Å². The van der Waals surface area contributed by atoms with E-state index in [1.807, 2.05) is 12.1 Å². The van der Waals surface area contributed by atoms with Gasteiger partial charge in [-0.2, -0.15) is 5.26 Å². The van der Waals surface area contributed by atoms with Crippen molar-refractivity contribution in [3.63, 3.8) is 0 Å². The van der Waals surface area contributed by atoms with Crippen LogP contribution in [0.25, 0.3) is 0 Å². The quantitative estimate of drug-likeness (QED) is 0.906. The number of nitrogens with one attached hydrogen (secondary N) is 1. The van der Waals surface area contributed by atoms with Gasteiger partial charge in [0.25, 0.3) is 0 Å². The van der Waals surface area contributed by atoms with Crippen LogP contribution >= 0.6 is 11.6 Å². The second-order valence-corrected chi connectivity index (χ2v) is 5.27. The molecule has 1 aromatic carbocycles. The minimum atomic E-state index is -0.392. The number of hydrogen-bond donors (Lipinski definition) is 2. The van der Waals surface area contributed by atoms with Crippen LogP contribution in [-0.2, 0) is 11.3 Å². The molecule has 7 heteroatoms. The minimum absolute atomic E-state index is 0.0513. The van der Waals surface area contributed by atoms with E-state index in [1.54, 1.807) is 19.2 Å². The summed E-state index contributed by atoms with van der Waals surface area (Å²) >= 11 is 6.08. The van der Waals surface area contributed by atoms with Crippen LogP contribution in [0.4, 0.5) is 0 Å². The maximum Gasteiger partial charge on any atom is 0.244 e. The number of rotatable bonds is 3. The Labute approximate surface area is 132 Å². The SMILES string of the molecule is COCc1[nH]nc2c1[C@H](c1cccc(Cl)c1)C(C#N)=C(N)O2. The zero-order valence-corrected chi connectivity index (χ0v) is 12.5. The summed E-state index contributed by atoms with van der Waals surface area (Å²) in [6.07, 6.45) is 0. The lowest BCUT2D eigenvalue weighted by Gasteiger charge is -2.24. The fraction of sp³-hybridized carbons (Fsp3) is 0.200. The van der Waals surface area contributed by atoms with Gasteiger partial charge in [0.05, 0.1) is 23.8 Å². The summed E-state index contributed by atoms with van der Waals surface area (Å²) in [6.45, 7) is 0.321. The highest BCUT2D eigenvalue weighted by Crippen LogP contribution is 2.43. The molecule has 6 nitrogen and oxygen atoms in total. The molecule has 1 atom stereocenters. The Morgan fingerprint density at radius 1 is 1.55 bits per heavy atom. The molecular formula is C15H13ClN4O2. The highest BCUT2D eigenvalue weighted by molar-refractivity contribution is 6.30. The summed E-state index contributed by atoms with van der Waals surface area (Å²) in [4.78, 5) is 0. The molecule has 0 radical (unpaired) electrons. The third kappa shape index (κ3) is 2.30. The van der Waals surface area contributed by atoms with Crippen molar-refractivity contribution in [1.82, 2.24) is 10.2 Å². The molecule has 3 N–H and O–H groups in total. The second-order valence-electron chi connectivity index (χ2n) is 4.83. The van der Waals surface area contributed by atoms with Gasteiger partial charge in [-0.15, -0.1) is 5.10 Å². The van der Waals surface area contributed by atoms with E-state index < -0.39 is 5.92 Å². The molecule has 0 unspecified atom stereocenters. The van der Waals surface area contributed by atoms with Gasteiger partial charge in [0.1, 0.15) is 11.6 Å². The Morgan fingerprint density at radius 2 is 2.36 bits per heavy atom. The van der Waals surface area contributed by atoms with Gasteiger partial charge in [0.2, 0.25) is 11.8 Å². The Morgan fingerprint density at radius 3 is 3.05 bits per heavy atom. The number of H-pyrrole nitrogens is 1. The van der Waals surface area contributed by atoms with Crippen molar-refractivity contribution in [1.29, 1.82) is 5.26 Å². The number of fused-ring (bicyclic) bond motifs is 1. The molecule has 0 aliphatic carbocycles. The Kier molecular flexibility index (Phi) is 3.75. The molecule has 0 saturated heterocycles. The molecule has 0 amide bonds. The first kappa shape index (κ1) is 14.4. The standard InChI is InChI=1S/C15H13ClN4O2/c1-21-7-11-13-12(8-3-2-4-9(16)5-8)10(6-17)14(18)22-15(13)20-19-11/h2-5,12H,7,18H2,1H3,(H,19,20)/t12-/m1/s1.